The van der Waals surface area contributed by atoms with Crippen molar-refractivity contribution in [2.75, 3.05) is 19.0 Å². The summed E-state index contributed by atoms with van der Waals surface area (Å²) in [7, 11) is 1.58. The Bertz CT molecular complexity index is 812. The molecule has 7 nitrogen and oxygen atoms in total. The van der Waals surface area contributed by atoms with Crippen molar-refractivity contribution in [1.29, 1.82) is 0 Å². The van der Waals surface area contributed by atoms with Gasteiger partial charge in [0, 0.05) is 24.2 Å². The molecule has 1 aliphatic rings. The first-order chi connectivity index (χ1) is 14.1. The van der Waals surface area contributed by atoms with Crippen LogP contribution in [0.3, 0.4) is 0 Å². The Morgan fingerprint density at radius 1 is 1.03 bits per heavy atom. The number of anilines is 1. The molecule has 29 heavy (non-hydrogen) atoms. The highest BCUT2D eigenvalue weighted by molar-refractivity contribution is 5.84. The van der Waals surface area contributed by atoms with E-state index in [-0.39, 0.29) is 24.7 Å². The quantitative estimate of drug-likeness (QED) is 0.742. The number of nitrogens with one attached hydrogen (secondary N) is 2. The molecular formula is C22H26N2O5. The molecule has 0 radical (unpaired) electrons. The lowest BCUT2D eigenvalue weighted by Crippen LogP contribution is -2.43. The van der Waals surface area contributed by atoms with Crippen LogP contribution >= 0.6 is 0 Å². The van der Waals surface area contributed by atoms with Gasteiger partial charge in [-0.25, -0.2) is 4.79 Å². The number of carbonyl (C=O) groups is 2. The molecule has 0 aromatic heterocycles. The zero-order chi connectivity index (χ0) is 20.5. The van der Waals surface area contributed by atoms with E-state index in [1.807, 2.05) is 24.3 Å². The molecule has 0 aliphatic heterocycles. The predicted molar refractivity (Wildman–Crippen MR) is 109 cm³/mol. The summed E-state index contributed by atoms with van der Waals surface area (Å²) in [5.41, 5.74) is 0.688. The Hall–Kier alpha value is -3.22. The Balaban J connectivity index is 1.41. The van der Waals surface area contributed by atoms with Gasteiger partial charge in [-0.2, -0.15) is 0 Å². The molecule has 2 atom stereocenters. The highest BCUT2D eigenvalue weighted by Crippen LogP contribution is 2.22. The summed E-state index contributed by atoms with van der Waals surface area (Å²) in [4.78, 5) is 24.3. The molecule has 1 aliphatic carbocycles. The summed E-state index contributed by atoms with van der Waals surface area (Å²) in [6.07, 6.45) is 2.41. The number of benzene rings is 2. The lowest BCUT2D eigenvalue weighted by Gasteiger charge is -2.29. The minimum absolute atomic E-state index is 0.0420. The number of hydrogen-bond acceptors (Lipinski definition) is 5. The molecule has 1 fully saturated rings. The number of methoxy groups -OCH3 is 1. The van der Waals surface area contributed by atoms with Gasteiger partial charge in [-0.1, -0.05) is 24.3 Å². The van der Waals surface area contributed by atoms with Crippen LogP contribution in [0.15, 0.2) is 54.6 Å². The third kappa shape index (κ3) is 6.71. The second-order valence-corrected chi connectivity index (χ2v) is 6.92. The number of para-hydroxylation sites is 1. The molecule has 0 spiro atoms. The molecule has 0 heterocycles. The molecule has 2 aromatic carbocycles. The molecule has 2 aromatic rings. The van der Waals surface area contributed by atoms with Gasteiger partial charge in [-0.3, -0.25) is 10.1 Å². The highest BCUT2D eigenvalue weighted by Gasteiger charge is 2.26. The van der Waals surface area contributed by atoms with Gasteiger partial charge in [-0.05, 0) is 43.5 Å². The molecule has 2 unspecified atom stereocenters. The molecule has 154 valence electrons. The van der Waals surface area contributed by atoms with Crippen LogP contribution in [-0.2, 0) is 9.53 Å². The maximum Gasteiger partial charge on any atom is 0.411 e. The lowest BCUT2D eigenvalue weighted by molar-refractivity contribution is -0.124. The molecule has 2 N–H and O–H groups in total. The van der Waals surface area contributed by atoms with Crippen LogP contribution in [0.4, 0.5) is 10.5 Å². The van der Waals surface area contributed by atoms with Gasteiger partial charge in [0.25, 0.3) is 5.91 Å². The monoisotopic (exact) mass is 398 g/mol. The van der Waals surface area contributed by atoms with Crippen molar-refractivity contribution in [3.05, 3.63) is 54.6 Å². The fourth-order valence-corrected chi connectivity index (χ4v) is 3.31. The predicted octanol–water partition coefficient (Wildman–Crippen LogP) is 3.75. The van der Waals surface area contributed by atoms with Crippen molar-refractivity contribution in [3.63, 3.8) is 0 Å². The van der Waals surface area contributed by atoms with Crippen LogP contribution in [0.2, 0.25) is 0 Å². The van der Waals surface area contributed by atoms with E-state index < -0.39 is 6.09 Å². The molecule has 2 amide bonds. The maximum absolute atomic E-state index is 12.2. The molecule has 0 bridgehead atoms. The SMILES string of the molecule is COc1cccc(OCC(=O)NC2CCCC(OC(=O)Nc3ccccc3)C2)c1. The first kappa shape index (κ1) is 20.5. The van der Waals surface area contributed by atoms with Crippen LogP contribution in [0.25, 0.3) is 0 Å². The molecular weight excluding hydrogens is 372 g/mol. The lowest BCUT2D eigenvalue weighted by atomic mass is 9.93. The van der Waals surface area contributed by atoms with Crippen LogP contribution in [0, 0.1) is 0 Å². The maximum atomic E-state index is 12.2. The Morgan fingerprint density at radius 3 is 2.62 bits per heavy atom. The van der Waals surface area contributed by atoms with Crippen LogP contribution in [-0.4, -0.2) is 37.9 Å². The van der Waals surface area contributed by atoms with E-state index in [0.29, 0.717) is 23.6 Å². The van der Waals surface area contributed by atoms with Crippen molar-refractivity contribution >= 4 is 17.7 Å². The van der Waals surface area contributed by atoms with E-state index in [1.165, 1.54) is 0 Å². The summed E-state index contributed by atoms with van der Waals surface area (Å²) >= 11 is 0. The second kappa shape index (κ2) is 10.4. The third-order valence-electron chi connectivity index (χ3n) is 4.70. The number of amides is 2. The van der Waals surface area contributed by atoms with Crippen molar-refractivity contribution in [2.45, 2.75) is 37.8 Å². The van der Waals surface area contributed by atoms with E-state index >= 15 is 0 Å². The minimum Gasteiger partial charge on any atom is -0.497 e. The van der Waals surface area contributed by atoms with Gasteiger partial charge in [-0.15, -0.1) is 0 Å². The zero-order valence-electron chi connectivity index (χ0n) is 16.4. The first-order valence-corrected chi connectivity index (χ1v) is 9.71. The average molecular weight is 398 g/mol. The van der Waals surface area contributed by atoms with Gasteiger partial charge in [0.15, 0.2) is 6.61 Å². The fourth-order valence-electron chi connectivity index (χ4n) is 3.31. The number of ether oxygens (including phenoxy) is 3. The Kier molecular flexibility index (Phi) is 7.33. The number of carbonyl (C=O) groups excluding carboxylic acids is 2. The van der Waals surface area contributed by atoms with E-state index in [4.69, 9.17) is 14.2 Å². The standard InChI is InChI=1S/C22H26N2O5/c1-27-18-10-6-11-19(14-18)28-15-21(25)23-17-9-5-12-20(13-17)29-22(26)24-16-7-3-2-4-8-16/h2-4,6-8,10-11,14,17,20H,5,9,12-13,15H2,1H3,(H,23,25)(H,24,26). The third-order valence-corrected chi connectivity index (χ3v) is 4.70. The van der Waals surface area contributed by atoms with Gasteiger partial charge >= 0.3 is 6.09 Å². The zero-order valence-corrected chi connectivity index (χ0v) is 16.4. The molecule has 1 saturated carbocycles. The van der Waals surface area contributed by atoms with Crippen LogP contribution in [0.1, 0.15) is 25.7 Å². The topological polar surface area (TPSA) is 85.9 Å². The summed E-state index contributed by atoms with van der Waals surface area (Å²) in [6, 6.07) is 16.2. The van der Waals surface area contributed by atoms with Crippen molar-refractivity contribution < 1.29 is 23.8 Å². The van der Waals surface area contributed by atoms with Gasteiger partial charge in [0.05, 0.1) is 7.11 Å². The minimum atomic E-state index is -0.477. The molecule has 7 heteroatoms. The van der Waals surface area contributed by atoms with Crippen molar-refractivity contribution in [2.24, 2.45) is 0 Å². The molecule has 3 rings (SSSR count). The van der Waals surface area contributed by atoms with Gasteiger partial charge in [0.1, 0.15) is 17.6 Å². The number of rotatable bonds is 7. The van der Waals surface area contributed by atoms with E-state index in [1.54, 1.807) is 37.4 Å². The molecule has 0 saturated heterocycles. The summed E-state index contributed by atoms with van der Waals surface area (Å²) < 4.78 is 16.2. The van der Waals surface area contributed by atoms with Gasteiger partial charge < -0.3 is 19.5 Å². The summed E-state index contributed by atoms with van der Waals surface area (Å²) in [5, 5.41) is 5.68. The first-order valence-electron chi connectivity index (χ1n) is 9.71. The van der Waals surface area contributed by atoms with Crippen molar-refractivity contribution in [1.82, 2.24) is 5.32 Å². The highest BCUT2D eigenvalue weighted by atomic mass is 16.6. The Morgan fingerprint density at radius 2 is 1.83 bits per heavy atom. The fraction of sp³-hybridized carbons (Fsp3) is 0.364. The van der Waals surface area contributed by atoms with Crippen LogP contribution in [0.5, 0.6) is 11.5 Å². The van der Waals surface area contributed by atoms with Crippen molar-refractivity contribution in [3.8, 4) is 11.5 Å². The van der Waals surface area contributed by atoms with E-state index in [9.17, 15) is 9.59 Å². The van der Waals surface area contributed by atoms with Gasteiger partial charge in [0.2, 0.25) is 0 Å². The Labute approximate surface area is 170 Å². The number of hydrogen-bond donors (Lipinski definition) is 2. The average Bonchev–Trinajstić information content (AvgIpc) is 2.73. The smallest absolute Gasteiger partial charge is 0.411 e. The second-order valence-electron chi connectivity index (χ2n) is 6.92. The van der Waals surface area contributed by atoms with E-state index in [0.717, 1.165) is 19.3 Å². The normalized spacial score (nSPS) is 18.4. The largest absolute Gasteiger partial charge is 0.497 e. The summed E-state index contributed by atoms with van der Waals surface area (Å²) in [5.74, 6) is 1.04. The van der Waals surface area contributed by atoms with E-state index in [2.05, 4.69) is 10.6 Å². The van der Waals surface area contributed by atoms with Crippen LogP contribution < -0.4 is 20.1 Å². The summed E-state index contributed by atoms with van der Waals surface area (Å²) in [6.45, 7) is -0.0797.